The number of fused-ring (bicyclic) bond motifs is 1. The monoisotopic (exact) mass is 574 g/mol. The molecule has 2 aromatic carbocycles. The summed E-state index contributed by atoms with van der Waals surface area (Å²) >= 11 is 12.2. The topological polar surface area (TPSA) is 86.3 Å². The molecule has 0 aliphatic carbocycles. The summed E-state index contributed by atoms with van der Waals surface area (Å²) in [7, 11) is 1.49. The molecule has 1 amide bonds. The molecule has 0 saturated heterocycles. The van der Waals surface area contributed by atoms with Crippen LogP contribution in [0.2, 0.25) is 10.0 Å². The van der Waals surface area contributed by atoms with Gasteiger partial charge in [-0.05, 0) is 55.0 Å². The molecular weight excluding hydrogens is 556 g/mol. The average molecular weight is 575 g/mol. The van der Waals surface area contributed by atoms with E-state index in [0.717, 1.165) is 17.3 Å². The van der Waals surface area contributed by atoms with E-state index in [-0.39, 0.29) is 22.9 Å². The molecule has 3 aromatic heterocycles. The van der Waals surface area contributed by atoms with Gasteiger partial charge in [0.1, 0.15) is 5.75 Å². The zero-order valence-corrected chi connectivity index (χ0v) is 21.9. The number of halogens is 5. The van der Waals surface area contributed by atoms with Crippen molar-refractivity contribution in [2.75, 3.05) is 12.4 Å². The van der Waals surface area contributed by atoms with Gasteiger partial charge >= 0.3 is 6.18 Å². The van der Waals surface area contributed by atoms with Gasteiger partial charge in [0.05, 0.1) is 19.3 Å². The predicted molar refractivity (Wildman–Crippen MR) is 140 cm³/mol. The van der Waals surface area contributed by atoms with E-state index in [1.54, 1.807) is 60.1 Å². The summed E-state index contributed by atoms with van der Waals surface area (Å²) in [6.07, 6.45) is -4.75. The maximum Gasteiger partial charge on any atom is 0.433 e. The second-order valence-electron chi connectivity index (χ2n) is 8.57. The van der Waals surface area contributed by atoms with Gasteiger partial charge < -0.3 is 10.1 Å². The number of rotatable bonds is 6. The molecule has 13 heteroatoms. The smallest absolute Gasteiger partial charge is 0.433 e. The van der Waals surface area contributed by atoms with E-state index in [1.807, 2.05) is 0 Å². The number of aromatic nitrogens is 5. The van der Waals surface area contributed by atoms with Crippen molar-refractivity contribution in [3.05, 3.63) is 93.4 Å². The van der Waals surface area contributed by atoms with Gasteiger partial charge in [-0.15, -0.1) is 0 Å². The van der Waals surface area contributed by atoms with Crippen LogP contribution < -0.4 is 10.1 Å². The van der Waals surface area contributed by atoms with Crippen molar-refractivity contribution in [1.29, 1.82) is 0 Å². The maximum atomic E-state index is 13.9. The number of ether oxygens (including phenoxy) is 1. The molecule has 39 heavy (non-hydrogen) atoms. The Morgan fingerprint density at radius 2 is 1.77 bits per heavy atom. The second kappa shape index (κ2) is 10.2. The first-order valence-corrected chi connectivity index (χ1v) is 12.2. The van der Waals surface area contributed by atoms with Gasteiger partial charge in [0.15, 0.2) is 22.9 Å². The minimum Gasteiger partial charge on any atom is -0.497 e. The molecule has 5 aromatic rings. The number of nitrogens with zero attached hydrogens (tertiary/aromatic N) is 5. The van der Waals surface area contributed by atoms with Gasteiger partial charge in [0.2, 0.25) is 0 Å². The molecule has 1 N–H and O–H groups in total. The molecule has 0 unspecified atom stereocenters. The van der Waals surface area contributed by atoms with Crippen molar-refractivity contribution < 1.29 is 22.7 Å². The lowest BCUT2D eigenvalue weighted by Crippen LogP contribution is -2.16. The first-order chi connectivity index (χ1) is 18.5. The summed E-state index contributed by atoms with van der Waals surface area (Å²) < 4.78 is 49.1. The van der Waals surface area contributed by atoms with E-state index < -0.39 is 17.8 Å². The minimum atomic E-state index is -4.75. The molecule has 0 aliphatic rings. The van der Waals surface area contributed by atoms with Gasteiger partial charge in [0.25, 0.3) is 5.91 Å². The number of benzene rings is 2. The first kappa shape index (κ1) is 26.5. The van der Waals surface area contributed by atoms with Crippen molar-refractivity contribution in [1.82, 2.24) is 24.4 Å². The van der Waals surface area contributed by atoms with Gasteiger partial charge in [-0.3, -0.25) is 9.48 Å². The third kappa shape index (κ3) is 5.55. The van der Waals surface area contributed by atoms with Gasteiger partial charge in [-0.25, -0.2) is 9.50 Å². The number of anilines is 1. The third-order valence-electron chi connectivity index (χ3n) is 5.89. The molecule has 0 bridgehead atoms. The van der Waals surface area contributed by atoms with Gasteiger partial charge in [-0.1, -0.05) is 29.3 Å². The summed E-state index contributed by atoms with van der Waals surface area (Å²) in [5, 5.41) is 11.8. The van der Waals surface area contributed by atoms with Crippen LogP contribution in [-0.2, 0) is 12.7 Å². The van der Waals surface area contributed by atoms with Crippen LogP contribution in [0.5, 0.6) is 5.75 Å². The summed E-state index contributed by atoms with van der Waals surface area (Å²) in [4.78, 5) is 17.2. The van der Waals surface area contributed by atoms with Crippen molar-refractivity contribution in [3.63, 3.8) is 0 Å². The lowest BCUT2D eigenvalue weighted by atomic mass is 10.1. The molecule has 8 nitrogen and oxygen atoms in total. The molecule has 0 spiro atoms. The van der Waals surface area contributed by atoms with Crippen LogP contribution in [0.25, 0.3) is 16.9 Å². The van der Waals surface area contributed by atoms with Crippen LogP contribution in [-0.4, -0.2) is 37.4 Å². The van der Waals surface area contributed by atoms with Gasteiger partial charge in [0, 0.05) is 33.4 Å². The van der Waals surface area contributed by atoms with Gasteiger partial charge in [-0.2, -0.15) is 23.4 Å². The summed E-state index contributed by atoms with van der Waals surface area (Å²) in [6, 6.07) is 15.2. The Bertz CT molecular complexity index is 1700. The fourth-order valence-electron chi connectivity index (χ4n) is 3.92. The molecule has 0 radical (unpaired) electrons. The van der Waals surface area contributed by atoms with E-state index in [9.17, 15) is 18.0 Å². The van der Waals surface area contributed by atoms with E-state index in [4.69, 9.17) is 27.9 Å². The molecule has 3 heterocycles. The predicted octanol–water partition coefficient (Wildman–Crippen LogP) is 6.54. The molecule has 0 aliphatic heterocycles. The highest BCUT2D eigenvalue weighted by Crippen LogP contribution is 2.33. The Balaban J connectivity index is 1.44. The average Bonchev–Trinajstić information content (AvgIpc) is 3.47. The van der Waals surface area contributed by atoms with Crippen LogP contribution in [0.15, 0.2) is 60.7 Å². The number of amides is 1. The number of hydrogen-bond acceptors (Lipinski definition) is 5. The zero-order chi connectivity index (χ0) is 27.9. The summed E-state index contributed by atoms with van der Waals surface area (Å²) in [5.74, 6) is 0.00416. The Hall–Kier alpha value is -4.09. The summed E-state index contributed by atoms with van der Waals surface area (Å²) in [5.41, 5.74) is 0.530. The zero-order valence-electron chi connectivity index (χ0n) is 20.4. The van der Waals surface area contributed by atoms with Crippen LogP contribution in [0.3, 0.4) is 0 Å². The Labute approximate surface area is 229 Å². The highest BCUT2D eigenvalue weighted by Gasteiger charge is 2.35. The minimum absolute atomic E-state index is 0.0690. The van der Waals surface area contributed by atoms with Crippen LogP contribution in [0, 0.1) is 6.92 Å². The highest BCUT2D eigenvalue weighted by atomic mass is 35.5. The summed E-state index contributed by atoms with van der Waals surface area (Å²) in [6.45, 7) is 2.11. The number of methoxy groups -OCH3 is 1. The molecule has 0 atom stereocenters. The standard InChI is InChI=1S/C26H19Cl2F3N6O2/c1-14-9-23(35-36(14)13-16-3-6-17(27)10-19(16)28)33-25(38)21-12-24-32-20(15-4-7-18(39-2)8-5-15)11-22(26(29,30)31)37(24)34-21/h3-12H,13H2,1-2H3,(H,33,35,38). The Kier molecular flexibility index (Phi) is 6.96. The molecule has 0 saturated carbocycles. The number of nitrogens with one attached hydrogen (secondary N) is 1. The molecule has 5 rings (SSSR count). The highest BCUT2D eigenvalue weighted by molar-refractivity contribution is 6.35. The van der Waals surface area contributed by atoms with Crippen molar-refractivity contribution in [3.8, 4) is 17.0 Å². The lowest BCUT2D eigenvalue weighted by Gasteiger charge is -2.11. The number of carbonyl (C=O) groups excluding carboxylic acids is 1. The third-order valence-corrected chi connectivity index (χ3v) is 6.48. The van der Waals surface area contributed by atoms with E-state index >= 15 is 0 Å². The fraction of sp³-hybridized carbons (Fsp3) is 0.154. The fourth-order valence-corrected chi connectivity index (χ4v) is 4.39. The quantitative estimate of drug-likeness (QED) is 0.249. The van der Waals surface area contributed by atoms with E-state index in [2.05, 4.69) is 20.5 Å². The molecule has 200 valence electrons. The number of alkyl halides is 3. The number of aryl methyl sites for hydroxylation is 1. The lowest BCUT2D eigenvalue weighted by molar-refractivity contribution is -0.142. The van der Waals surface area contributed by atoms with Crippen LogP contribution in [0.1, 0.15) is 27.4 Å². The van der Waals surface area contributed by atoms with Crippen molar-refractivity contribution >= 4 is 40.6 Å². The molecular formula is C26H19Cl2F3N6O2. The van der Waals surface area contributed by atoms with Crippen LogP contribution >= 0.6 is 23.2 Å². The van der Waals surface area contributed by atoms with E-state index in [0.29, 0.717) is 32.4 Å². The Morgan fingerprint density at radius 3 is 2.44 bits per heavy atom. The van der Waals surface area contributed by atoms with E-state index in [1.165, 1.54) is 13.2 Å². The maximum absolute atomic E-state index is 13.9. The normalized spacial score (nSPS) is 11.7. The van der Waals surface area contributed by atoms with Crippen molar-refractivity contribution in [2.45, 2.75) is 19.6 Å². The largest absolute Gasteiger partial charge is 0.497 e. The second-order valence-corrected chi connectivity index (χ2v) is 9.41. The molecule has 0 fully saturated rings. The van der Waals surface area contributed by atoms with Crippen molar-refractivity contribution in [2.24, 2.45) is 0 Å². The Morgan fingerprint density at radius 1 is 1.03 bits per heavy atom. The number of hydrogen-bond donors (Lipinski definition) is 1. The number of carbonyl (C=O) groups is 1. The first-order valence-electron chi connectivity index (χ1n) is 11.4. The SMILES string of the molecule is COc1ccc(-c2cc(C(F)(F)F)n3nc(C(=O)Nc4cc(C)n(Cc5ccc(Cl)cc5Cl)n4)cc3n2)cc1. The van der Waals surface area contributed by atoms with Crippen LogP contribution in [0.4, 0.5) is 19.0 Å².